The zero-order chi connectivity index (χ0) is 18.4. The molecule has 0 aromatic carbocycles. The van der Waals surface area contributed by atoms with Gasteiger partial charge in [-0.3, -0.25) is 14.2 Å². The van der Waals surface area contributed by atoms with E-state index in [1.165, 1.54) is 0 Å². The summed E-state index contributed by atoms with van der Waals surface area (Å²) in [5.41, 5.74) is 5.12. The van der Waals surface area contributed by atoms with Gasteiger partial charge in [-0.1, -0.05) is 6.07 Å². The van der Waals surface area contributed by atoms with Crippen LogP contribution < -0.4 is 0 Å². The Morgan fingerprint density at radius 2 is 2.00 bits per heavy atom. The van der Waals surface area contributed by atoms with Gasteiger partial charge in [-0.15, -0.1) is 0 Å². The third kappa shape index (κ3) is 2.66. The first-order chi connectivity index (χ1) is 13.2. The second-order valence-electron chi connectivity index (χ2n) is 6.73. The molecule has 0 saturated heterocycles. The van der Waals surface area contributed by atoms with Gasteiger partial charge in [0.2, 0.25) is 0 Å². The maximum Gasteiger partial charge on any atom is 0.168 e. The van der Waals surface area contributed by atoms with E-state index in [9.17, 15) is 4.79 Å². The van der Waals surface area contributed by atoms with Gasteiger partial charge >= 0.3 is 0 Å². The Morgan fingerprint density at radius 1 is 1.15 bits per heavy atom. The van der Waals surface area contributed by atoms with Crippen molar-refractivity contribution >= 4 is 23.8 Å². The van der Waals surface area contributed by atoms with E-state index in [-0.39, 0.29) is 5.92 Å². The summed E-state index contributed by atoms with van der Waals surface area (Å²) in [5, 5.41) is 11.0. The lowest BCUT2D eigenvalue weighted by molar-refractivity contribution is 0.111. The van der Waals surface area contributed by atoms with Crippen LogP contribution in [0, 0.1) is 0 Å². The van der Waals surface area contributed by atoms with Crippen molar-refractivity contribution in [2.45, 2.75) is 12.3 Å². The predicted molar refractivity (Wildman–Crippen MR) is 100 cm³/mol. The van der Waals surface area contributed by atoms with Gasteiger partial charge in [0.05, 0.1) is 29.7 Å². The van der Waals surface area contributed by atoms with E-state index in [0.717, 1.165) is 41.1 Å². The number of hydrogen-bond donors (Lipinski definition) is 0. The van der Waals surface area contributed by atoms with Gasteiger partial charge < -0.3 is 0 Å². The van der Waals surface area contributed by atoms with Crippen LogP contribution in [0.1, 0.15) is 33.4 Å². The van der Waals surface area contributed by atoms with Crippen molar-refractivity contribution in [3.05, 3.63) is 65.5 Å². The molecule has 0 saturated carbocycles. The fraction of sp³-hybridized carbons (Fsp3) is 0.211. The van der Waals surface area contributed by atoms with Crippen LogP contribution in [0.5, 0.6) is 0 Å². The molecule has 1 aliphatic rings. The Labute approximate surface area is 154 Å². The summed E-state index contributed by atoms with van der Waals surface area (Å²) in [4.78, 5) is 19.9. The Kier molecular flexibility index (Phi) is 3.49. The van der Waals surface area contributed by atoms with E-state index in [2.05, 4.69) is 15.1 Å². The quantitative estimate of drug-likeness (QED) is 0.519. The number of imidazole rings is 2. The summed E-state index contributed by atoms with van der Waals surface area (Å²) < 4.78 is 3.69. The lowest BCUT2D eigenvalue weighted by Crippen LogP contribution is -2.14. The van der Waals surface area contributed by atoms with Gasteiger partial charge in [-0.25, -0.2) is 14.5 Å². The van der Waals surface area contributed by atoms with Gasteiger partial charge in [0, 0.05) is 32.4 Å². The summed E-state index contributed by atoms with van der Waals surface area (Å²) in [6.07, 6.45) is 8.76. The number of carbonyl (C=O) groups is 1. The van der Waals surface area contributed by atoms with Crippen molar-refractivity contribution in [1.82, 2.24) is 29.0 Å². The monoisotopic (exact) mass is 359 g/mol. The molecular formula is C19H17N7O. The first-order valence-electron chi connectivity index (χ1n) is 8.71. The predicted octanol–water partition coefficient (Wildman–Crippen LogP) is 1.80. The molecule has 5 rings (SSSR count). The minimum atomic E-state index is 0.187. The molecule has 1 unspecified atom stereocenters. The van der Waals surface area contributed by atoms with Crippen LogP contribution in [0.2, 0.25) is 0 Å². The second kappa shape index (κ2) is 6.01. The molecule has 0 fully saturated rings. The smallest absolute Gasteiger partial charge is 0.168 e. The summed E-state index contributed by atoms with van der Waals surface area (Å²) in [7, 11) is 1.96. The topological polar surface area (TPSA) is 80.2 Å². The third-order valence-corrected chi connectivity index (χ3v) is 4.84. The summed E-state index contributed by atoms with van der Waals surface area (Å²) in [6.45, 7) is 0.828. The minimum Gasteiger partial charge on any atom is -0.299 e. The maximum atomic E-state index is 11.2. The van der Waals surface area contributed by atoms with Gasteiger partial charge in [-0.2, -0.15) is 10.2 Å². The number of nitrogens with zero attached hydrogens (tertiary/aromatic N) is 7. The minimum absolute atomic E-state index is 0.187. The van der Waals surface area contributed by atoms with Gasteiger partial charge in [0.15, 0.2) is 11.9 Å². The number of aldehydes is 1. The molecule has 0 amide bonds. The van der Waals surface area contributed by atoms with E-state index in [4.69, 9.17) is 5.10 Å². The fourth-order valence-electron chi connectivity index (χ4n) is 3.44. The molecule has 4 aromatic rings. The van der Waals surface area contributed by atoms with Crippen LogP contribution in [0.4, 0.5) is 0 Å². The lowest BCUT2D eigenvalue weighted by atomic mass is 10.1. The van der Waals surface area contributed by atoms with Crippen molar-refractivity contribution < 1.29 is 4.79 Å². The molecule has 0 spiro atoms. The molecule has 0 N–H and O–H groups in total. The Balaban J connectivity index is 1.51. The van der Waals surface area contributed by atoms with Crippen molar-refractivity contribution in [2.75, 3.05) is 13.6 Å². The van der Waals surface area contributed by atoms with Crippen LogP contribution in [-0.4, -0.2) is 55.1 Å². The van der Waals surface area contributed by atoms with Crippen molar-refractivity contribution in [2.24, 2.45) is 5.10 Å². The van der Waals surface area contributed by atoms with E-state index in [1.54, 1.807) is 10.6 Å². The zero-order valence-electron chi connectivity index (χ0n) is 14.7. The molecule has 0 bridgehead atoms. The van der Waals surface area contributed by atoms with Crippen molar-refractivity contribution in [3.63, 3.8) is 0 Å². The van der Waals surface area contributed by atoms with E-state index in [0.29, 0.717) is 12.1 Å². The number of aromatic nitrogens is 5. The molecule has 0 aliphatic carbocycles. The highest BCUT2D eigenvalue weighted by Crippen LogP contribution is 2.19. The van der Waals surface area contributed by atoms with Gasteiger partial charge in [-0.05, 0) is 23.8 Å². The molecular weight excluding hydrogens is 342 g/mol. The van der Waals surface area contributed by atoms with Gasteiger partial charge in [0.25, 0.3) is 0 Å². The first-order valence-corrected chi connectivity index (χ1v) is 8.71. The molecule has 1 atom stereocenters. The van der Waals surface area contributed by atoms with Crippen LogP contribution in [0.3, 0.4) is 0 Å². The zero-order valence-corrected chi connectivity index (χ0v) is 14.7. The number of carbonyl (C=O) groups excluding carboxylic acids is 1. The SMILES string of the molecule is CN1CC(c2ccc3ncc(Cc4ccc5ncc(C=O)n5c4)n3n2)C=N1. The van der Waals surface area contributed by atoms with E-state index >= 15 is 0 Å². The Bertz CT molecular complexity index is 1190. The van der Waals surface area contributed by atoms with Crippen LogP contribution >= 0.6 is 0 Å². The summed E-state index contributed by atoms with van der Waals surface area (Å²) in [6, 6.07) is 7.92. The number of fused-ring (bicyclic) bond motifs is 2. The van der Waals surface area contributed by atoms with Crippen molar-refractivity contribution in [3.8, 4) is 0 Å². The molecule has 5 heterocycles. The Hall–Kier alpha value is -3.55. The molecule has 4 aromatic heterocycles. The fourth-order valence-corrected chi connectivity index (χ4v) is 3.44. The number of rotatable bonds is 4. The average molecular weight is 359 g/mol. The summed E-state index contributed by atoms with van der Waals surface area (Å²) in [5.74, 6) is 0.187. The normalized spacial score (nSPS) is 16.6. The third-order valence-electron chi connectivity index (χ3n) is 4.84. The number of likely N-dealkylation sites (N-methyl/N-ethyl adjacent to an activating group) is 1. The molecule has 1 aliphatic heterocycles. The molecule has 8 nitrogen and oxygen atoms in total. The number of hydrazone groups is 1. The van der Waals surface area contributed by atoms with E-state index in [1.807, 2.05) is 59.4 Å². The standard InChI is InChI=1S/C19H17N7O/c1-24-11-14(7-22-24)17-3-5-19-21-8-15(26(19)23-17)6-13-2-4-18-20-9-16(12-27)25(18)10-13/h2-5,7-10,12,14H,6,11H2,1H3. The lowest BCUT2D eigenvalue weighted by Gasteiger charge is -2.10. The molecule has 0 radical (unpaired) electrons. The van der Waals surface area contributed by atoms with Crippen molar-refractivity contribution in [1.29, 1.82) is 0 Å². The van der Waals surface area contributed by atoms with Gasteiger partial charge in [0.1, 0.15) is 11.3 Å². The second-order valence-corrected chi connectivity index (χ2v) is 6.73. The first kappa shape index (κ1) is 15.7. The average Bonchev–Trinajstić information content (AvgIpc) is 3.40. The van der Waals surface area contributed by atoms with Crippen LogP contribution in [0.15, 0.2) is 48.0 Å². The molecule has 27 heavy (non-hydrogen) atoms. The number of hydrogen-bond acceptors (Lipinski definition) is 6. The largest absolute Gasteiger partial charge is 0.299 e. The maximum absolute atomic E-state index is 11.2. The number of pyridine rings is 1. The van der Waals surface area contributed by atoms with E-state index < -0.39 is 0 Å². The Morgan fingerprint density at radius 3 is 2.81 bits per heavy atom. The van der Waals surface area contributed by atoms with Crippen LogP contribution in [0.25, 0.3) is 11.3 Å². The highest BCUT2D eigenvalue weighted by Gasteiger charge is 2.19. The molecule has 8 heteroatoms. The highest BCUT2D eigenvalue weighted by atomic mass is 16.1. The summed E-state index contributed by atoms with van der Waals surface area (Å²) >= 11 is 0. The molecule has 134 valence electrons. The highest BCUT2D eigenvalue weighted by molar-refractivity contribution is 5.74. The van der Waals surface area contributed by atoms with Crippen LogP contribution in [-0.2, 0) is 6.42 Å².